The summed E-state index contributed by atoms with van der Waals surface area (Å²) >= 11 is 0. The third kappa shape index (κ3) is 4.70. The van der Waals surface area contributed by atoms with Gasteiger partial charge in [0.2, 0.25) is 0 Å². The van der Waals surface area contributed by atoms with E-state index in [0.717, 1.165) is 11.5 Å². The Kier molecular flexibility index (Phi) is 5.48. The van der Waals surface area contributed by atoms with E-state index in [1.807, 2.05) is 24.3 Å². The van der Waals surface area contributed by atoms with Gasteiger partial charge in [-0.3, -0.25) is 0 Å². The van der Waals surface area contributed by atoms with Gasteiger partial charge in [0.1, 0.15) is 30.5 Å². The molecule has 0 aliphatic heterocycles. The van der Waals surface area contributed by atoms with Crippen molar-refractivity contribution in [3.05, 3.63) is 48.5 Å². The van der Waals surface area contributed by atoms with Crippen molar-refractivity contribution in [1.29, 1.82) is 0 Å². The van der Waals surface area contributed by atoms with Crippen molar-refractivity contribution in [2.24, 2.45) is 0 Å². The molecule has 0 saturated heterocycles. The van der Waals surface area contributed by atoms with Crippen LogP contribution in [0.3, 0.4) is 0 Å². The van der Waals surface area contributed by atoms with Gasteiger partial charge >= 0.3 is 7.12 Å². The highest BCUT2D eigenvalue weighted by atomic mass is 16.5. The van der Waals surface area contributed by atoms with Crippen LogP contribution in [0.25, 0.3) is 0 Å². The lowest BCUT2D eigenvalue weighted by Crippen LogP contribution is -2.29. The third-order valence-electron chi connectivity index (χ3n) is 2.84. The van der Waals surface area contributed by atoms with Gasteiger partial charge in [-0.15, -0.1) is 0 Å². The first-order valence-corrected chi connectivity index (χ1v) is 6.55. The lowest BCUT2D eigenvalue weighted by Gasteiger charge is -2.09. The topological polar surface area (TPSA) is 68.2 Å². The fourth-order valence-electron chi connectivity index (χ4n) is 1.76. The fraction of sp³-hybridized carbons (Fsp3) is 0.200. The second-order valence-corrected chi connectivity index (χ2v) is 4.32. The molecular weight excluding hydrogens is 271 g/mol. The van der Waals surface area contributed by atoms with Crippen molar-refractivity contribution in [3.8, 4) is 17.2 Å². The van der Waals surface area contributed by atoms with Crippen LogP contribution < -0.4 is 19.7 Å². The smallest absolute Gasteiger partial charge is 0.488 e. The Morgan fingerprint density at radius 2 is 1.48 bits per heavy atom. The van der Waals surface area contributed by atoms with Crippen molar-refractivity contribution in [1.82, 2.24) is 0 Å². The average molecular weight is 288 g/mol. The zero-order valence-electron chi connectivity index (χ0n) is 11.7. The van der Waals surface area contributed by atoms with Crippen LogP contribution in [0.15, 0.2) is 48.5 Å². The van der Waals surface area contributed by atoms with Crippen molar-refractivity contribution >= 4 is 12.6 Å². The number of hydrogen-bond acceptors (Lipinski definition) is 5. The van der Waals surface area contributed by atoms with E-state index in [1.54, 1.807) is 31.4 Å². The van der Waals surface area contributed by atoms with E-state index in [2.05, 4.69) is 0 Å². The van der Waals surface area contributed by atoms with Crippen molar-refractivity contribution in [2.75, 3.05) is 20.3 Å². The Labute approximate surface area is 123 Å². The number of rotatable bonds is 7. The third-order valence-corrected chi connectivity index (χ3v) is 2.84. The Morgan fingerprint density at radius 1 is 0.857 bits per heavy atom. The molecule has 0 atom stereocenters. The molecule has 0 aliphatic rings. The molecule has 0 heterocycles. The van der Waals surface area contributed by atoms with Crippen LogP contribution in [0, 0.1) is 0 Å². The molecule has 0 spiro atoms. The second kappa shape index (κ2) is 7.57. The maximum Gasteiger partial charge on any atom is 0.488 e. The summed E-state index contributed by atoms with van der Waals surface area (Å²) in [6.45, 7) is 0.745. The summed E-state index contributed by atoms with van der Waals surface area (Å²) < 4.78 is 16.1. The van der Waals surface area contributed by atoms with Gasteiger partial charge in [0.15, 0.2) is 0 Å². The maximum absolute atomic E-state index is 9.08. The van der Waals surface area contributed by atoms with Crippen LogP contribution in [0.1, 0.15) is 0 Å². The van der Waals surface area contributed by atoms with Crippen molar-refractivity contribution in [3.63, 3.8) is 0 Å². The Hall–Kier alpha value is -2.18. The van der Waals surface area contributed by atoms with E-state index in [9.17, 15) is 0 Å². The van der Waals surface area contributed by atoms with E-state index in [4.69, 9.17) is 24.3 Å². The number of benzene rings is 2. The minimum absolute atomic E-state index is 0.358. The summed E-state index contributed by atoms with van der Waals surface area (Å²) in [6.07, 6.45) is 0. The fourth-order valence-corrected chi connectivity index (χ4v) is 1.76. The van der Waals surface area contributed by atoms with Crippen LogP contribution in [0.4, 0.5) is 0 Å². The highest BCUT2D eigenvalue weighted by molar-refractivity contribution is 6.58. The minimum Gasteiger partial charge on any atom is -0.497 e. The van der Waals surface area contributed by atoms with E-state index >= 15 is 0 Å². The van der Waals surface area contributed by atoms with E-state index < -0.39 is 7.12 Å². The molecule has 110 valence electrons. The molecule has 2 aromatic carbocycles. The summed E-state index contributed by atoms with van der Waals surface area (Å²) in [5, 5.41) is 18.2. The first-order valence-electron chi connectivity index (χ1n) is 6.55. The summed E-state index contributed by atoms with van der Waals surface area (Å²) in [4.78, 5) is 0. The van der Waals surface area contributed by atoms with Crippen LogP contribution in [0.2, 0.25) is 0 Å². The molecule has 2 N–H and O–H groups in total. The molecule has 0 unspecified atom stereocenters. The Bertz CT molecular complexity index is 556. The normalized spacial score (nSPS) is 10.0. The van der Waals surface area contributed by atoms with Crippen LogP contribution in [0.5, 0.6) is 17.2 Å². The SMILES string of the molecule is COc1ccc(OCCOc2cccc(B(O)O)c2)cc1. The van der Waals surface area contributed by atoms with E-state index in [-0.39, 0.29) is 0 Å². The average Bonchev–Trinajstić information content (AvgIpc) is 2.52. The predicted molar refractivity (Wildman–Crippen MR) is 80.3 cm³/mol. The van der Waals surface area contributed by atoms with E-state index in [0.29, 0.717) is 24.4 Å². The van der Waals surface area contributed by atoms with Gasteiger partial charge in [-0.1, -0.05) is 12.1 Å². The highest BCUT2D eigenvalue weighted by Crippen LogP contribution is 2.17. The minimum atomic E-state index is -1.50. The molecule has 0 fully saturated rings. The maximum atomic E-state index is 9.08. The second-order valence-electron chi connectivity index (χ2n) is 4.32. The monoisotopic (exact) mass is 288 g/mol. The van der Waals surface area contributed by atoms with Gasteiger partial charge in [-0.05, 0) is 41.9 Å². The molecule has 0 saturated carbocycles. The summed E-state index contributed by atoms with van der Waals surface area (Å²) in [5.41, 5.74) is 0.392. The van der Waals surface area contributed by atoms with Crippen LogP contribution in [-0.4, -0.2) is 37.5 Å². The predicted octanol–water partition coefficient (Wildman–Crippen LogP) is 0.833. The Balaban J connectivity index is 1.77. The number of hydrogen-bond donors (Lipinski definition) is 2. The van der Waals surface area contributed by atoms with Gasteiger partial charge in [-0.25, -0.2) is 0 Å². The Morgan fingerprint density at radius 3 is 2.10 bits per heavy atom. The molecule has 6 heteroatoms. The molecule has 0 aromatic heterocycles. The summed E-state index contributed by atoms with van der Waals surface area (Å²) in [7, 11) is 0.116. The zero-order valence-corrected chi connectivity index (χ0v) is 11.7. The van der Waals surface area contributed by atoms with Gasteiger partial charge in [0, 0.05) is 0 Å². The number of methoxy groups -OCH3 is 1. The van der Waals surface area contributed by atoms with Crippen LogP contribution in [-0.2, 0) is 0 Å². The lowest BCUT2D eigenvalue weighted by atomic mass is 9.80. The van der Waals surface area contributed by atoms with Gasteiger partial charge in [-0.2, -0.15) is 0 Å². The molecule has 5 nitrogen and oxygen atoms in total. The van der Waals surface area contributed by atoms with Gasteiger partial charge < -0.3 is 24.3 Å². The number of ether oxygens (including phenoxy) is 3. The summed E-state index contributed by atoms with van der Waals surface area (Å²) in [5.74, 6) is 2.08. The molecule has 2 aromatic rings. The highest BCUT2D eigenvalue weighted by Gasteiger charge is 2.10. The van der Waals surface area contributed by atoms with Crippen molar-refractivity contribution < 1.29 is 24.3 Å². The molecular formula is C15H17BO5. The van der Waals surface area contributed by atoms with Gasteiger partial charge in [0.05, 0.1) is 7.11 Å². The molecule has 21 heavy (non-hydrogen) atoms. The molecule has 0 radical (unpaired) electrons. The summed E-state index contributed by atoms with van der Waals surface area (Å²) in [6, 6.07) is 13.9. The quantitative estimate of drug-likeness (QED) is 0.583. The standard InChI is InChI=1S/C15H17BO5/c1-19-13-5-7-14(8-6-13)20-9-10-21-15-4-2-3-12(11-15)16(17)18/h2-8,11,17-18H,9-10H2,1H3. The van der Waals surface area contributed by atoms with E-state index in [1.165, 1.54) is 0 Å². The first-order chi connectivity index (χ1) is 10.2. The van der Waals surface area contributed by atoms with Gasteiger partial charge in [0.25, 0.3) is 0 Å². The first kappa shape index (κ1) is 15.2. The largest absolute Gasteiger partial charge is 0.497 e. The molecule has 2 rings (SSSR count). The molecule has 0 aliphatic carbocycles. The molecule has 0 amide bonds. The molecule has 0 bridgehead atoms. The lowest BCUT2D eigenvalue weighted by molar-refractivity contribution is 0.217. The van der Waals surface area contributed by atoms with Crippen LogP contribution >= 0.6 is 0 Å². The van der Waals surface area contributed by atoms with Crippen molar-refractivity contribution in [2.45, 2.75) is 0 Å². The zero-order chi connectivity index (χ0) is 15.1.